The van der Waals surface area contributed by atoms with Gasteiger partial charge >= 0.3 is 5.97 Å². The lowest BCUT2D eigenvalue weighted by Crippen LogP contribution is -2.71. The van der Waals surface area contributed by atoms with Crippen molar-refractivity contribution in [3.8, 4) is 0 Å². The van der Waals surface area contributed by atoms with E-state index in [4.69, 9.17) is 4.84 Å². The third-order valence-corrected chi connectivity index (χ3v) is 7.44. The van der Waals surface area contributed by atoms with E-state index in [0.29, 0.717) is 4.91 Å². The van der Waals surface area contributed by atoms with Crippen molar-refractivity contribution in [1.82, 2.24) is 10.2 Å². The molecule has 2 amide bonds. The molecule has 0 bridgehead atoms. The maximum Gasteiger partial charge on any atom is 0.352 e. The average molecular weight is 416 g/mol. The van der Waals surface area contributed by atoms with Crippen LogP contribution in [0.4, 0.5) is 0 Å². The van der Waals surface area contributed by atoms with E-state index < -0.39 is 29.2 Å². The maximum absolute atomic E-state index is 12.7. The van der Waals surface area contributed by atoms with Gasteiger partial charge in [0, 0.05) is 21.7 Å². The number of carbonyl (C=O) groups is 3. The van der Waals surface area contributed by atoms with Gasteiger partial charge in [-0.25, -0.2) is 4.79 Å². The first kappa shape index (κ1) is 19.2. The van der Waals surface area contributed by atoms with E-state index in [1.54, 1.807) is 11.8 Å². The quantitative estimate of drug-likeness (QED) is 0.390. The molecule has 3 heterocycles. The lowest BCUT2D eigenvalue weighted by molar-refractivity contribution is -0.150. The molecule has 3 aliphatic rings. The van der Waals surface area contributed by atoms with Crippen LogP contribution < -0.4 is 5.32 Å². The molecule has 0 aromatic carbocycles. The van der Waals surface area contributed by atoms with E-state index in [1.165, 1.54) is 41.6 Å². The monoisotopic (exact) mass is 415 g/mol. The maximum atomic E-state index is 12.7. The van der Waals surface area contributed by atoms with Crippen molar-refractivity contribution in [2.24, 2.45) is 5.16 Å². The van der Waals surface area contributed by atoms with E-state index in [-0.39, 0.29) is 16.7 Å². The van der Waals surface area contributed by atoms with Crippen LogP contribution in [-0.2, 0) is 19.2 Å². The number of carboxylic acids is 1. The second-order valence-corrected chi connectivity index (χ2v) is 9.18. The summed E-state index contributed by atoms with van der Waals surface area (Å²) in [6.07, 6.45) is 1.54. The van der Waals surface area contributed by atoms with Gasteiger partial charge in [0.05, 0.1) is 0 Å². The SMILES string of the molecule is CON=C(C(=O)NC1C(=O)N2C(C(=O)O)=CC(C)S[C@H]12)C1=CSCCS1. The molecule has 140 valence electrons. The number of amides is 2. The number of thioether (sulfide) groups is 3. The summed E-state index contributed by atoms with van der Waals surface area (Å²) < 4.78 is 0. The van der Waals surface area contributed by atoms with E-state index in [0.717, 1.165) is 11.5 Å². The van der Waals surface area contributed by atoms with E-state index in [9.17, 15) is 19.5 Å². The van der Waals surface area contributed by atoms with Gasteiger partial charge in [0.1, 0.15) is 24.2 Å². The second kappa shape index (κ2) is 7.97. The fourth-order valence-corrected chi connectivity index (χ4v) is 6.11. The third-order valence-electron chi connectivity index (χ3n) is 3.84. The Kier molecular flexibility index (Phi) is 5.88. The number of β-lactam (4-membered cyclic amide) rings is 1. The molecular weight excluding hydrogens is 398 g/mol. The number of oxime groups is 1. The van der Waals surface area contributed by atoms with Crippen molar-refractivity contribution in [1.29, 1.82) is 0 Å². The molecule has 0 aliphatic carbocycles. The first-order chi connectivity index (χ1) is 12.4. The molecule has 3 rings (SSSR count). The number of fused-ring (bicyclic) bond motifs is 1. The van der Waals surface area contributed by atoms with Crippen LogP contribution in [0.15, 0.2) is 27.2 Å². The summed E-state index contributed by atoms with van der Waals surface area (Å²) in [4.78, 5) is 43.1. The zero-order valence-corrected chi connectivity index (χ0v) is 16.4. The van der Waals surface area contributed by atoms with E-state index in [2.05, 4.69) is 10.5 Å². The number of rotatable bonds is 5. The summed E-state index contributed by atoms with van der Waals surface area (Å²) in [5, 5.41) is 17.1. The molecule has 1 fully saturated rings. The number of hydrogen-bond acceptors (Lipinski definition) is 8. The summed E-state index contributed by atoms with van der Waals surface area (Å²) in [5.74, 6) is -0.292. The Morgan fingerprint density at radius 1 is 1.42 bits per heavy atom. The highest BCUT2D eigenvalue weighted by molar-refractivity contribution is 8.10. The smallest absolute Gasteiger partial charge is 0.352 e. The van der Waals surface area contributed by atoms with Crippen molar-refractivity contribution < 1.29 is 24.3 Å². The zero-order valence-electron chi connectivity index (χ0n) is 14.0. The van der Waals surface area contributed by atoms with Gasteiger partial charge in [-0.1, -0.05) is 5.16 Å². The Balaban J connectivity index is 1.75. The fraction of sp³-hybridized carbons (Fsp3) is 0.467. The number of hydrogen-bond donors (Lipinski definition) is 2. The predicted molar refractivity (Wildman–Crippen MR) is 103 cm³/mol. The minimum absolute atomic E-state index is 0.0375. The average Bonchev–Trinajstić information content (AvgIpc) is 2.63. The van der Waals surface area contributed by atoms with Crippen LogP contribution in [0.5, 0.6) is 0 Å². The van der Waals surface area contributed by atoms with Gasteiger partial charge in [-0.15, -0.1) is 35.3 Å². The molecule has 0 aromatic rings. The molecule has 11 heteroatoms. The Labute approximate surface area is 162 Å². The van der Waals surface area contributed by atoms with Crippen molar-refractivity contribution in [2.75, 3.05) is 18.6 Å². The van der Waals surface area contributed by atoms with Gasteiger partial charge in [0.2, 0.25) is 0 Å². The summed E-state index contributed by atoms with van der Waals surface area (Å²) in [5.41, 5.74) is 0.0864. The molecule has 3 atom stereocenters. The summed E-state index contributed by atoms with van der Waals surface area (Å²) in [6, 6.07) is -0.790. The number of aliphatic carboxylic acids is 1. The molecule has 0 aromatic heterocycles. The first-order valence-electron chi connectivity index (χ1n) is 7.74. The molecule has 3 aliphatic heterocycles. The first-order valence-corrected chi connectivity index (χ1v) is 10.7. The van der Waals surface area contributed by atoms with Gasteiger partial charge in [-0.2, -0.15) is 0 Å². The highest BCUT2D eigenvalue weighted by Gasteiger charge is 2.54. The predicted octanol–water partition coefficient (Wildman–Crippen LogP) is 1.07. The van der Waals surface area contributed by atoms with Crippen molar-refractivity contribution >= 4 is 58.8 Å². The van der Waals surface area contributed by atoms with Crippen LogP contribution in [0, 0.1) is 0 Å². The minimum Gasteiger partial charge on any atom is -0.477 e. The zero-order chi connectivity index (χ0) is 18.8. The normalized spacial score (nSPS) is 28.4. The molecule has 2 unspecified atom stereocenters. The standard InChI is InChI=1S/C15H17N3O5S3/c1-7-5-8(15(21)22)18-13(20)11(14(18)26-7)16-12(19)10(17-23-2)9-6-24-3-4-25-9/h5-7,11,14H,3-4H2,1-2H3,(H,16,19)(H,21,22)/t7?,11?,14-/m1/s1. The van der Waals surface area contributed by atoms with E-state index in [1.807, 2.05) is 12.3 Å². The molecule has 26 heavy (non-hydrogen) atoms. The molecule has 1 saturated heterocycles. The van der Waals surface area contributed by atoms with Gasteiger partial charge in [0.15, 0.2) is 5.71 Å². The number of carboxylic acid groups (broad SMARTS) is 1. The second-order valence-electron chi connectivity index (χ2n) is 5.57. The molecule has 0 saturated carbocycles. The van der Waals surface area contributed by atoms with Gasteiger partial charge in [-0.05, 0) is 18.4 Å². The third kappa shape index (κ3) is 3.60. The summed E-state index contributed by atoms with van der Waals surface area (Å²) >= 11 is 4.51. The van der Waals surface area contributed by atoms with Crippen molar-refractivity contribution in [3.63, 3.8) is 0 Å². The lowest BCUT2D eigenvalue weighted by atomic mass is 10.0. The summed E-state index contributed by atoms with van der Waals surface area (Å²) in [7, 11) is 1.35. The number of nitrogens with one attached hydrogen (secondary N) is 1. The van der Waals surface area contributed by atoms with Crippen LogP contribution in [0.1, 0.15) is 6.92 Å². The fourth-order valence-electron chi connectivity index (χ4n) is 2.72. The Morgan fingerprint density at radius 3 is 2.81 bits per heavy atom. The van der Waals surface area contributed by atoms with Gasteiger partial charge in [0.25, 0.3) is 11.8 Å². The van der Waals surface area contributed by atoms with Crippen molar-refractivity contribution in [3.05, 3.63) is 22.1 Å². The van der Waals surface area contributed by atoms with Crippen LogP contribution in [0.3, 0.4) is 0 Å². The highest BCUT2D eigenvalue weighted by Crippen LogP contribution is 2.40. The molecule has 8 nitrogen and oxygen atoms in total. The number of nitrogens with zero attached hydrogens (tertiary/aromatic N) is 2. The molecular formula is C15H17N3O5S3. The van der Waals surface area contributed by atoms with E-state index >= 15 is 0 Å². The minimum atomic E-state index is -1.15. The largest absolute Gasteiger partial charge is 0.477 e. The topological polar surface area (TPSA) is 108 Å². The highest BCUT2D eigenvalue weighted by atomic mass is 32.2. The Hall–Kier alpha value is -1.59. The van der Waals surface area contributed by atoms with Crippen LogP contribution in [0.25, 0.3) is 0 Å². The van der Waals surface area contributed by atoms with Crippen LogP contribution >= 0.6 is 35.3 Å². The molecule has 0 radical (unpaired) electrons. The van der Waals surface area contributed by atoms with Gasteiger partial charge < -0.3 is 15.3 Å². The van der Waals surface area contributed by atoms with Gasteiger partial charge in [-0.3, -0.25) is 14.5 Å². The summed E-state index contributed by atoms with van der Waals surface area (Å²) in [6.45, 7) is 1.85. The number of carbonyl (C=O) groups excluding carboxylic acids is 2. The Bertz CT molecular complexity index is 736. The van der Waals surface area contributed by atoms with Crippen LogP contribution in [-0.4, -0.2) is 68.8 Å². The molecule has 0 spiro atoms. The lowest BCUT2D eigenvalue weighted by Gasteiger charge is -2.49. The molecule has 2 N–H and O–H groups in total. The van der Waals surface area contributed by atoms with Crippen molar-refractivity contribution in [2.45, 2.75) is 23.6 Å². The van der Waals surface area contributed by atoms with Crippen LogP contribution in [0.2, 0.25) is 0 Å². The Morgan fingerprint density at radius 2 is 2.19 bits per heavy atom.